The van der Waals surface area contributed by atoms with E-state index in [1.807, 2.05) is 0 Å². The van der Waals surface area contributed by atoms with Crippen LogP contribution in [0, 0.1) is 0 Å². The molecule has 1 heterocycles. The van der Waals surface area contributed by atoms with Gasteiger partial charge >= 0.3 is 5.97 Å². The highest BCUT2D eigenvalue weighted by Gasteiger charge is 2.21. The summed E-state index contributed by atoms with van der Waals surface area (Å²) in [6.45, 7) is -0.412. The van der Waals surface area contributed by atoms with Gasteiger partial charge in [0.15, 0.2) is 4.34 Å². The van der Waals surface area contributed by atoms with Gasteiger partial charge in [0.1, 0.15) is 6.54 Å². The highest BCUT2D eigenvalue weighted by molar-refractivity contribution is 9.10. The van der Waals surface area contributed by atoms with E-state index in [2.05, 4.69) is 36.2 Å². The van der Waals surface area contributed by atoms with Crippen LogP contribution in [0.2, 0.25) is 0 Å². The molecule has 0 fully saturated rings. The molecule has 2 rings (SSSR count). The molecule has 0 atom stereocenters. The Kier molecular flexibility index (Phi) is 7.59. The molecule has 0 bridgehead atoms. The minimum absolute atomic E-state index is 0.0739. The Morgan fingerprint density at radius 2 is 1.96 bits per heavy atom. The first-order chi connectivity index (χ1) is 12.7. The molecule has 2 aromatic rings. The first kappa shape index (κ1) is 21.6. The predicted molar refractivity (Wildman–Crippen MR) is 108 cm³/mol. The number of carbonyl (C=O) groups excluding carboxylic acids is 2. The van der Waals surface area contributed by atoms with Crippen LogP contribution in [-0.2, 0) is 24.3 Å². The zero-order chi connectivity index (χ0) is 20.0. The zero-order valence-corrected chi connectivity index (χ0v) is 18.2. The molecule has 1 amide bonds. The molecule has 13 heteroatoms. The molecule has 146 valence electrons. The van der Waals surface area contributed by atoms with Gasteiger partial charge in [0.25, 0.3) is 0 Å². The Labute approximate surface area is 172 Å². The van der Waals surface area contributed by atoms with Crippen molar-refractivity contribution in [3.05, 3.63) is 28.7 Å². The smallest absolute Gasteiger partial charge is 0.316 e. The number of sulfonamides is 1. The van der Waals surface area contributed by atoms with E-state index in [1.165, 1.54) is 7.11 Å². The summed E-state index contributed by atoms with van der Waals surface area (Å²) in [4.78, 5) is 23.4. The van der Waals surface area contributed by atoms with E-state index in [0.29, 0.717) is 10.0 Å². The average molecular weight is 495 g/mol. The number of halogens is 1. The summed E-state index contributed by atoms with van der Waals surface area (Å²) >= 11 is 5.48. The van der Waals surface area contributed by atoms with Crippen LogP contribution in [0.3, 0.4) is 0 Å². The molecule has 9 nitrogen and oxygen atoms in total. The Balaban J connectivity index is 2.03. The van der Waals surface area contributed by atoms with E-state index >= 15 is 0 Å². The van der Waals surface area contributed by atoms with E-state index < -0.39 is 28.4 Å². The van der Waals surface area contributed by atoms with Gasteiger partial charge in [0.2, 0.25) is 21.1 Å². The maximum Gasteiger partial charge on any atom is 0.316 e. The van der Waals surface area contributed by atoms with Crippen molar-refractivity contribution in [3.63, 3.8) is 0 Å². The summed E-state index contributed by atoms with van der Waals surface area (Å²) in [5.74, 6) is -0.895. The molecule has 0 aliphatic heterocycles. The number of aromatic nitrogens is 2. The molecule has 0 saturated heterocycles. The van der Waals surface area contributed by atoms with Crippen molar-refractivity contribution in [3.8, 4) is 0 Å². The van der Waals surface area contributed by atoms with Crippen LogP contribution in [0.1, 0.15) is 0 Å². The van der Waals surface area contributed by atoms with Crippen molar-refractivity contribution in [1.29, 1.82) is 0 Å². The molecule has 1 aromatic carbocycles. The molecule has 1 N–H and O–H groups in total. The highest BCUT2D eigenvalue weighted by Crippen LogP contribution is 2.26. The van der Waals surface area contributed by atoms with Gasteiger partial charge in [-0.05, 0) is 24.3 Å². The van der Waals surface area contributed by atoms with Gasteiger partial charge in [-0.25, -0.2) is 8.42 Å². The summed E-state index contributed by atoms with van der Waals surface area (Å²) in [6.07, 6.45) is 1.02. The number of thioether (sulfide) groups is 1. The van der Waals surface area contributed by atoms with Gasteiger partial charge in [-0.2, -0.15) is 0 Å². The van der Waals surface area contributed by atoms with E-state index in [1.54, 1.807) is 24.3 Å². The van der Waals surface area contributed by atoms with Crippen molar-refractivity contribution >= 4 is 71.7 Å². The Morgan fingerprint density at radius 1 is 1.30 bits per heavy atom. The van der Waals surface area contributed by atoms with E-state index in [4.69, 9.17) is 0 Å². The van der Waals surface area contributed by atoms with Crippen LogP contribution < -0.4 is 9.62 Å². The summed E-state index contributed by atoms with van der Waals surface area (Å²) in [5.41, 5.74) is 0.363. The van der Waals surface area contributed by atoms with Crippen LogP contribution in [0.15, 0.2) is 33.1 Å². The van der Waals surface area contributed by atoms with E-state index in [0.717, 1.165) is 38.1 Å². The third-order valence-electron chi connectivity index (χ3n) is 3.00. The lowest BCUT2D eigenvalue weighted by atomic mass is 10.3. The Bertz CT molecular complexity index is 917. The van der Waals surface area contributed by atoms with Crippen LogP contribution in [0.5, 0.6) is 0 Å². The van der Waals surface area contributed by atoms with Crippen molar-refractivity contribution in [2.24, 2.45) is 0 Å². The molecular formula is C14H15BrN4O5S3. The Hall–Kier alpha value is -1.70. The van der Waals surface area contributed by atoms with Gasteiger partial charge < -0.3 is 4.74 Å². The molecule has 0 aliphatic rings. The Morgan fingerprint density at radius 3 is 2.56 bits per heavy atom. The third kappa shape index (κ3) is 6.75. The first-order valence-electron chi connectivity index (χ1n) is 7.25. The molecule has 1 aromatic heterocycles. The molecule has 27 heavy (non-hydrogen) atoms. The van der Waals surface area contributed by atoms with Gasteiger partial charge in [-0.1, -0.05) is 39.0 Å². The maximum atomic E-state index is 12.3. The second kappa shape index (κ2) is 9.48. The lowest BCUT2D eigenvalue weighted by Gasteiger charge is -2.21. The quantitative estimate of drug-likeness (QED) is 0.336. The predicted octanol–water partition coefficient (Wildman–Crippen LogP) is 1.97. The van der Waals surface area contributed by atoms with Crippen molar-refractivity contribution in [2.45, 2.75) is 4.34 Å². The summed E-state index contributed by atoms with van der Waals surface area (Å²) in [6, 6.07) is 6.54. The van der Waals surface area contributed by atoms with E-state index in [9.17, 15) is 18.0 Å². The molecular weight excluding hydrogens is 480 g/mol. The van der Waals surface area contributed by atoms with Gasteiger partial charge in [-0.3, -0.25) is 19.2 Å². The number of anilines is 2. The fraction of sp³-hybridized carbons (Fsp3) is 0.286. The molecule has 0 spiro atoms. The minimum atomic E-state index is -3.66. The second-order valence-electron chi connectivity index (χ2n) is 5.03. The maximum absolute atomic E-state index is 12.3. The van der Waals surface area contributed by atoms with Gasteiger partial charge in [-0.15, -0.1) is 10.2 Å². The normalized spacial score (nSPS) is 11.1. The minimum Gasteiger partial charge on any atom is -0.468 e. The number of rotatable bonds is 8. The van der Waals surface area contributed by atoms with Gasteiger partial charge in [0, 0.05) is 4.47 Å². The summed E-state index contributed by atoms with van der Waals surface area (Å²) in [7, 11) is -2.38. The number of hydrogen-bond donors (Lipinski definition) is 1. The van der Waals surface area contributed by atoms with Crippen molar-refractivity contribution in [1.82, 2.24) is 10.2 Å². The number of ether oxygens (including phenoxy) is 1. The number of benzene rings is 1. The number of carbonyl (C=O) groups is 2. The fourth-order valence-electron chi connectivity index (χ4n) is 1.79. The number of nitrogens with zero attached hydrogens (tertiary/aromatic N) is 3. The zero-order valence-electron chi connectivity index (χ0n) is 14.2. The monoisotopic (exact) mass is 494 g/mol. The van der Waals surface area contributed by atoms with Gasteiger partial charge in [0.05, 0.1) is 24.8 Å². The fourth-order valence-corrected chi connectivity index (χ4v) is 4.52. The number of hydrogen-bond acceptors (Lipinski definition) is 9. The lowest BCUT2D eigenvalue weighted by Crippen LogP contribution is -2.37. The number of amides is 1. The second-order valence-corrected chi connectivity index (χ2v) is 10.1. The van der Waals surface area contributed by atoms with Crippen molar-refractivity contribution in [2.75, 3.05) is 35.3 Å². The molecule has 0 saturated carbocycles. The van der Waals surface area contributed by atoms with Crippen LogP contribution in [-0.4, -0.2) is 56.2 Å². The van der Waals surface area contributed by atoms with Crippen molar-refractivity contribution < 1.29 is 22.7 Å². The summed E-state index contributed by atoms with van der Waals surface area (Å²) < 4.78 is 30.9. The highest BCUT2D eigenvalue weighted by atomic mass is 79.9. The average Bonchev–Trinajstić information content (AvgIpc) is 3.05. The third-order valence-corrected chi connectivity index (χ3v) is 6.61. The van der Waals surface area contributed by atoms with E-state index in [-0.39, 0.29) is 10.9 Å². The first-order valence-corrected chi connectivity index (χ1v) is 11.7. The van der Waals surface area contributed by atoms with Crippen LogP contribution in [0.25, 0.3) is 0 Å². The SMILES string of the molecule is COC(=O)CSc1nnc(NC(=O)CN(c2ccc(Br)cc2)S(C)(=O)=O)s1. The molecule has 0 radical (unpaired) electrons. The van der Waals surface area contributed by atoms with Crippen LogP contribution >= 0.6 is 39.0 Å². The topological polar surface area (TPSA) is 119 Å². The number of esters is 1. The standard InChI is InChI=1S/C14H15BrN4O5S3/c1-24-12(21)8-25-14-18-17-13(26-14)16-11(20)7-19(27(2,22)23)10-5-3-9(15)4-6-10/h3-6H,7-8H2,1-2H3,(H,16,17,20). The molecule has 0 aliphatic carbocycles. The lowest BCUT2D eigenvalue weighted by molar-refractivity contribution is -0.137. The largest absolute Gasteiger partial charge is 0.468 e. The number of nitrogens with one attached hydrogen (secondary N) is 1. The summed E-state index contributed by atoms with van der Waals surface area (Å²) in [5, 5.41) is 10.4. The van der Waals surface area contributed by atoms with Crippen LogP contribution in [0.4, 0.5) is 10.8 Å². The number of methoxy groups -OCH3 is 1. The molecule has 0 unspecified atom stereocenters.